The van der Waals surface area contributed by atoms with E-state index in [-0.39, 0.29) is 0 Å². The lowest BCUT2D eigenvalue weighted by molar-refractivity contribution is 0.755. The zero-order chi connectivity index (χ0) is 9.80. The second kappa shape index (κ2) is 4.10. The fourth-order valence-corrected chi connectivity index (χ4v) is 1.89. The monoisotopic (exact) mass is 187 g/mol. The predicted molar refractivity (Wildman–Crippen MR) is 54.8 cm³/mol. The molecular formula is C11H13N3. The second-order valence-electron chi connectivity index (χ2n) is 3.67. The van der Waals surface area contributed by atoms with Crippen LogP contribution in [0.1, 0.15) is 31.4 Å². The molecule has 1 heterocycles. The Labute approximate surface area is 83.8 Å². The van der Waals surface area contributed by atoms with Gasteiger partial charge in [0.05, 0.1) is 0 Å². The summed E-state index contributed by atoms with van der Waals surface area (Å²) in [4.78, 5) is 3.93. The molecule has 1 aliphatic carbocycles. The Bertz CT molecular complexity index is 348. The molecule has 0 aliphatic heterocycles. The molecule has 14 heavy (non-hydrogen) atoms. The molecular weight excluding hydrogens is 174 g/mol. The summed E-state index contributed by atoms with van der Waals surface area (Å²) in [6.07, 6.45) is 6.78. The van der Waals surface area contributed by atoms with Crippen LogP contribution in [-0.4, -0.2) is 11.0 Å². The highest BCUT2D eigenvalue weighted by molar-refractivity contribution is 5.46. The van der Waals surface area contributed by atoms with Crippen molar-refractivity contribution in [2.24, 2.45) is 0 Å². The summed E-state index contributed by atoms with van der Waals surface area (Å²) in [6.45, 7) is 0. The first-order chi connectivity index (χ1) is 6.88. The van der Waals surface area contributed by atoms with Crippen molar-refractivity contribution in [1.82, 2.24) is 4.98 Å². The van der Waals surface area contributed by atoms with Gasteiger partial charge >= 0.3 is 0 Å². The Balaban J connectivity index is 2.05. The molecule has 2 rings (SSSR count). The van der Waals surface area contributed by atoms with Crippen LogP contribution in [0.2, 0.25) is 0 Å². The van der Waals surface area contributed by atoms with E-state index < -0.39 is 0 Å². The van der Waals surface area contributed by atoms with Crippen LogP contribution in [-0.2, 0) is 0 Å². The van der Waals surface area contributed by atoms with Gasteiger partial charge in [-0.25, -0.2) is 4.98 Å². The average molecular weight is 187 g/mol. The minimum Gasteiger partial charge on any atom is -0.382 e. The van der Waals surface area contributed by atoms with E-state index >= 15 is 0 Å². The number of hydrogen-bond donors (Lipinski definition) is 1. The summed E-state index contributed by atoms with van der Waals surface area (Å²) in [6, 6.07) is 6.35. The molecule has 0 atom stereocenters. The lowest BCUT2D eigenvalue weighted by atomic mass is 10.2. The number of nitrogens with one attached hydrogen (secondary N) is 1. The zero-order valence-corrected chi connectivity index (χ0v) is 8.03. The van der Waals surface area contributed by atoms with Gasteiger partial charge in [0, 0.05) is 17.9 Å². The largest absolute Gasteiger partial charge is 0.382 e. The van der Waals surface area contributed by atoms with E-state index in [0.29, 0.717) is 11.7 Å². The number of nitriles is 1. The van der Waals surface area contributed by atoms with E-state index in [9.17, 15) is 0 Å². The number of hydrogen-bond acceptors (Lipinski definition) is 3. The van der Waals surface area contributed by atoms with E-state index in [4.69, 9.17) is 5.26 Å². The van der Waals surface area contributed by atoms with Crippen LogP contribution in [0.25, 0.3) is 0 Å². The Morgan fingerprint density at radius 3 is 2.93 bits per heavy atom. The maximum atomic E-state index is 8.68. The molecule has 1 aliphatic rings. The summed E-state index contributed by atoms with van der Waals surface area (Å²) >= 11 is 0. The smallest absolute Gasteiger partial charge is 0.142 e. The van der Waals surface area contributed by atoms with Crippen molar-refractivity contribution in [3.05, 3.63) is 24.0 Å². The first-order valence-electron chi connectivity index (χ1n) is 5.01. The molecule has 0 saturated heterocycles. The van der Waals surface area contributed by atoms with Gasteiger partial charge in [-0.15, -0.1) is 0 Å². The third-order valence-electron chi connectivity index (χ3n) is 2.60. The Morgan fingerprint density at radius 2 is 2.21 bits per heavy atom. The fourth-order valence-electron chi connectivity index (χ4n) is 1.89. The van der Waals surface area contributed by atoms with Crippen LogP contribution in [0.15, 0.2) is 18.3 Å². The number of anilines is 1. The number of rotatable bonds is 2. The molecule has 0 bridgehead atoms. The van der Waals surface area contributed by atoms with Crippen LogP contribution in [0.3, 0.4) is 0 Å². The van der Waals surface area contributed by atoms with Gasteiger partial charge in [0.1, 0.15) is 11.8 Å². The van der Waals surface area contributed by atoms with Crippen LogP contribution in [0, 0.1) is 11.3 Å². The maximum Gasteiger partial charge on any atom is 0.142 e. The number of nitrogens with zero attached hydrogens (tertiary/aromatic N) is 2. The quantitative estimate of drug-likeness (QED) is 0.772. The average Bonchev–Trinajstić information content (AvgIpc) is 2.71. The van der Waals surface area contributed by atoms with Crippen LogP contribution in [0.5, 0.6) is 0 Å². The minimum atomic E-state index is 0.480. The molecule has 3 heteroatoms. The van der Waals surface area contributed by atoms with Crippen LogP contribution in [0.4, 0.5) is 5.69 Å². The summed E-state index contributed by atoms with van der Waals surface area (Å²) in [5, 5.41) is 12.1. The highest BCUT2D eigenvalue weighted by atomic mass is 14.9. The third-order valence-corrected chi connectivity index (χ3v) is 2.60. The summed E-state index contributed by atoms with van der Waals surface area (Å²) < 4.78 is 0. The van der Waals surface area contributed by atoms with Crippen molar-refractivity contribution in [2.45, 2.75) is 31.7 Å². The predicted octanol–water partition coefficient (Wildman–Crippen LogP) is 2.31. The molecule has 0 radical (unpaired) electrons. The fraction of sp³-hybridized carbons (Fsp3) is 0.455. The van der Waals surface area contributed by atoms with Crippen molar-refractivity contribution in [3.8, 4) is 6.07 Å². The maximum absolute atomic E-state index is 8.68. The van der Waals surface area contributed by atoms with E-state index in [0.717, 1.165) is 5.69 Å². The molecule has 0 aromatic carbocycles. The topological polar surface area (TPSA) is 48.7 Å². The van der Waals surface area contributed by atoms with Crippen LogP contribution < -0.4 is 5.32 Å². The van der Waals surface area contributed by atoms with Gasteiger partial charge in [0.15, 0.2) is 0 Å². The summed E-state index contributed by atoms with van der Waals surface area (Å²) in [5.41, 5.74) is 1.50. The lowest BCUT2D eigenvalue weighted by Gasteiger charge is -2.12. The van der Waals surface area contributed by atoms with Gasteiger partial charge < -0.3 is 5.32 Å². The van der Waals surface area contributed by atoms with E-state index in [2.05, 4.69) is 10.3 Å². The van der Waals surface area contributed by atoms with E-state index in [1.165, 1.54) is 25.7 Å². The first-order valence-corrected chi connectivity index (χ1v) is 5.01. The van der Waals surface area contributed by atoms with Crippen molar-refractivity contribution in [3.63, 3.8) is 0 Å². The van der Waals surface area contributed by atoms with Gasteiger partial charge in [-0.1, -0.05) is 12.8 Å². The highest BCUT2D eigenvalue weighted by Crippen LogP contribution is 2.22. The molecule has 1 aromatic rings. The van der Waals surface area contributed by atoms with E-state index in [1.807, 2.05) is 12.1 Å². The minimum absolute atomic E-state index is 0.480. The highest BCUT2D eigenvalue weighted by Gasteiger charge is 2.14. The molecule has 72 valence electrons. The Kier molecular flexibility index (Phi) is 2.64. The molecule has 0 spiro atoms. The van der Waals surface area contributed by atoms with Gasteiger partial charge in [-0.2, -0.15) is 5.26 Å². The molecule has 0 unspecified atom stereocenters. The molecule has 1 N–H and O–H groups in total. The van der Waals surface area contributed by atoms with Crippen molar-refractivity contribution in [2.75, 3.05) is 5.32 Å². The Hall–Kier alpha value is -1.56. The normalized spacial score (nSPS) is 16.5. The number of pyridine rings is 1. The standard InChI is InChI=1S/C11H13N3/c12-8-11-7-10(5-6-13-11)14-9-3-1-2-4-9/h5-7,9H,1-4H2,(H,13,14). The summed E-state index contributed by atoms with van der Waals surface area (Å²) in [7, 11) is 0. The molecule has 1 saturated carbocycles. The van der Waals surface area contributed by atoms with Crippen LogP contribution >= 0.6 is 0 Å². The Morgan fingerprint density at radius 1 is 1.43 bits per heavy atom. The lowest BCUT2D eigenvalue weighted by Crippen LogP contribution is -2.14. The third kappa shape index (κ3) is 2.02. The second-order valence-corrected chi connectivity index (χ2v) is 3.67. The molecule has 0 amide bonds. The van der Waals surface area contributed by atoms with Gasteiger partial charge in [0.25, 0.3) is 0 Å². The number of aromatic nitrogens is 1. The van der Waals surface area contributed by atoms with Crippen molar-refractivity contribution >= 4 is 5.69 Å². The summed E-state index contributed by atoms with van der Waals surface area (Å²) in [5.74, 6) is 0. The molecule has 3 nitrogen and oxygen atoms in total. The first kappa shape index (κ1) is 9.01. The van der Waals surface area contributed by atoms with Gasteiger partial charge in [0.2, 0.25) is 0 Å². The molecule has 1 aromatic heterocycles. The SMILES string of the molecule is N#Cc1cc(NC2CCCC2)ccn1. The van der Waals surface area contributed by atoms with Gasteiger partial charge in [-0.3, -0.25) is 0 Å². The van der Waals surface area contributed by atoms with E-state index in [1.54, 1.807) is 12.3 Å². The molecule has 1 fully saturated rings. The van der Waals surface area contributed by atoms with Crippen molar-refractivity contribution < 1.29 is 0 Å². The zero-order valence-electron chi connectivity index (χ0n) is 8.03. The van der Waals surface area contributed by atoms with Gasteiger partial charge in [-0.05, 0) is 25.0 Å². The van der Waals surface area contributed by atoms with Crippen molar-refractivity contribution in [1.29, 1.82) is 5.26 Å².